The van der Waals surface area contributed by atoms with E-state index in [2.05, 4.69) is 42.5 Å². The van der Waals surface area contributed by atoms with Gasteiger partial charge in [0.25, 0.3) is 12.3 Å². The zero-order chi connectivity index (χ0) is 44.2. The summed E-state index contributed by atoms with van der Waals surface area (Å²) in [5.74, 6) is 5.64. The second-order valence-electron chi connectivity index (χ2n) is 17.6. The molecular weight excluding hydrogens is 833 g/mol. The number of alkyl halides is 2. The highest BCUT2D eigenvalue weighted by Gasteiger charge is 2.40. The zero-order valence-corrected chi connectivity index (χ0v) is 35.3. The largest absolute Gasteiger partial charge is 0.508 e. The maximum Gasteiger partial charge on any atom is 0.329 e. The van der Waals surface area contributed by atoms with Crippen molar-refractivity contribution in [1.29, 1.82) is 0 Å². The Morgan fingerprint density at radius 3 is 2.64 bits per heavy atom. The number of aryl methyl sites for hydroxylation is 1. The number of hydrogen-bond acceptors (Lipinski definition) is 12. The lowest BCUT2D eigenvalue weighted by molar-refractivity contribution is -0.135. The standard InChI is InChI=1S/C44H49F2N11O7/c1-52-39-26(17-29(58)19-35(39)57(44(52)62)34-8-9-37(59)50-43(34)61)3-2-16-63-30-10-13-53(14-11-30)21-25-4-6-27(7-5-25)56-23-33(38(51-56)40(45)46)48-42(60)32-20-47-55-15-12-36(49-41(32)55)54-22-31-18-28(54)24-64-31/h12,15,17,19-20,23,25,27-28,30-31,34,40,58H,4-11,13-14,16,18,21-22,24H2,1H3,(H,48,60)(H,50,59,61)/t25?,27?,28-,31-,34?/m1/s1. The first-order valence-corrected chi connectivity index (χ1v) is 22.0. The number of likely N-dealkylation sites (tertiary alicyclic amines) is 1. The molecule has 3 atom stereocenters. The average Bonchev–Trinajstić information content (AvgIpc) is 4.13. The second-order valence-corrected chi connectivity index (χ2v) is 17.6. The highest BCUT2D eigenvalue weighted by atomic mass is 19.3. The molecule has 5 aromatic rings. The van der Waals surface area contributed by atoms with Crippen molar-refractivity contribution in [1.82, 2.24) is 43.7 Å². The smallest absolute Gasteiger partial charge is 0.329 e. The lowest BCUT2D eigenvalue weighted by atomic mass is 9.85. The van der Waals surface area contributed by atoms with Crippen LogP contribution in [0.2, 0.25) is 0 Å². The first-order valence-electron chi connectivity index (χ1n) is 22.0. The zero-order valence-electron chi connectivity index (χ0n) is 35.3. The van der Waals surface area contributed by atoms with Gasteiger partial charge in [-0.3, -0.25) is 33.5 Å². The van der Waals surface area contributed by atoms with E-state index < -0.39 is 35.7 Å². The Hall–Kier alpha value is -6.17. The van der Waals surface area contributed by atoms with Gasteiger partial charge < -0.3 is 29.7 Å². The molecule has 20 heteroatoms. The van der Waals surface area contributed by atoms with Crippen LogP contribution in [0, 0.1) is 17.8 Å². The predicted molar refractivity (Wildman–Crippen MR) is 227 cm³/mol. The molecular formula is C44H49F2N11O7. The summed E-state index contributed by atoms with van der Waals surface area (Å²) in [6, 6.07) is 4.06. The van der Waals surface area contributed by atoms with Gasteiger partial charge in [-0.1, -0.05) is 11.8 Å². The van der Waals surface area contributed by atoms with E-state index in [1.807, 2.05) is 6.07 Å². The van der Waals surface area contributed by atoms with Gasteiger partial charge >= 0.3 is 5.69 Å². The molecule has 5 fully saturated rings. The third-order valence-electron chi connectivity index (χ3n) is 13.5. The number of rotatable bonds is 10. The Kier molecular flexibility index (Phi) is 11.2. The summed E-state index contributed by atoms with van der Waals surface area (Å²) in [5, 5.41) is 24.1. The van der Waals surface area contributed by atoms with Gasteiger partial charge in [0, 0.05) is 58.1 Å². The number of imide groups is 1. The Balaban J connectivity index is 0.705. The molecule has 4 aromatic heterocycles. The van der Waals surface area contributed by atoms with Gasteiger partial charge in [0.2, 0.25) is 11.8 Å². The molecule has 0 radical (unpaired) electrons. The number of benzene rings is 1. The highest BCUT2D eigenvalue weighted by molar-refractivity contribution is 6.08. The van der Waals surface area contributed by atoms with E-state index in [0.29, 0.717) is 34.8 Å². The van der Waals surface area contributed by atoms with Gasteiger partial charge in [0.15, 0.2) is 11.3 Å². The fourth-order valence-corrected chi connectivity index (χ4v) is 10.2. The van der Waals surface area contributed by atoms with Crippen LogP contribution in [0.15, 0.2) is 41.6 Å². The Labute approximate surface area is 365 Å². The Bertz CT molecular complexity index is 2750. The van der Waals surface area contributed by atoms with Crippen LogP contribution >= 0.6 is 0 Å². The fraction of sp³-hybridized carbons (Fsp3) is 0.523. The topological polar surface area (TPSA) is 195 Å². The fourth-order valence-electron chi connectivity index (χ4n) is 10.2. The minimum Gasteiger partial charge on any atom is -0.508 e. The molecule has 8 heterocycles. The van der Waals surface area contributed by atoms with Crippen molar-refractivity contribution in [3.05, 3.63) is 64.1 Å². The van der Waals surface area contributed by atoms with Crippen molar-refractivity contribution >= 4 is 45.9 Å². The monoisotopic (exact) mass is 881 g/mol. The number of carbonyl (C=O) groups excluding carboxylic acids is 3. The molecule has 10 rings (SSSR count). The van der Waals surface area contributed by atoms with E-state index in [9.17, 15) is 33.1 Å². The van der Waals surface area contributed by atoms with Crippen molar-refractivity contribution in [3.63, 3.8) is 0 Å². The average molecular weight is 882 g/mol. The van der Waals surface area contributed by atoms with Crippen LogP contribution in [0.5, 0.6) is 5.75 Å². The van der Waals surface area contributed by atoms with Gasteiger partial charge in [0.05, 0.1) is 59.4 Å². The van der Waals surface area contributed by atoms with E-state index >= 15 is 0 Å². The quantitative estimate of drug-likeness (QED) is 0.136. The normalized spacial score (nSPS) is 24.2. The number of phenols is 1. The van der Waals surface area contributed by atoms with Crippen molar-refractivity contribution in [3.8, 4) is 17.6 Å². The number of fused-ring (bicyclic) bond motifs is 4. The summed E-state index contributed by atoms with van der Waals surface area (Å²) < 4.78 is 46.2. The first-order chi connectivity index (χ1) is 31.0. The van der Waals surface area contributed by atoms with Gasteiger partial charge in [-0.2, -0.15) is 10.2 Å². The minimum absolute atomic E-state index is 0.0203. The number of morpholine rings is 1. The van der Waals surface area contributed by atoms with Crippen LogP contribution in [-0.4, -0.2) is 119 Å². The van der Waals surface area contributed by atoms with Crippen LogP contribution in [0.4, 0.5) is 20.3 Å². The number of phenolic OH excluding ortho intramolecular Hbond substituents is 1. The number of hydrogen-bond donors (Lipinski definition) is 3. The molecule has 2 bridgehead atoms. The number of ether oxygens (including phenoxy) is 2. The predicted octanol–water partition coefficient (Wildman–Crippen LogP) is 3.69. The summed E-state index contributed by atoms with van der Waals surface area (Å²) in [5.41, 5.74) is 0.863. The lowest BCUT2D eigenvalue weighted by Crippen LogP contribution is -2.44. The maximum atomic E-state index is 14.3. The Morgan fingerprint density at radius 1 is 1.09 bits per heavy atom. The summed E-state index contributed by atoms with van der Waals surface area (Å²) in [6.07, 6.45) is 8.34. The number of nitrogens with one attached hydrogen (secondary N) is 2. The van der Waals surface area contributed by atoms with Crippen LogP contribution in [-0.2, 0) is 26.1 Å². The van der Waals surface area contributed by atoms with Gasteiger partial charge in [-0.15, -0.1) is 0 Å². The van der Waals surface area contributed by atoms with Gasteiger partial charge in [0.1, 0.15) is 29.8 Å². The summed E-state index contributed by atoms with van der Waals surface area (Å²) in [4.78, 5) is 60.5. The molecule has 64 heavy (non-hydrogen) atoms. The van der Waals surface area contributed by atoms with E-state index in [4.69, 9.17) is 14.5 Å². The lowest BCUT2D eigenvalue weighted by Gasteiger charge is -2.36. The molecule has 3 amide bonds. The van der Waals surface area contributed by atoms with Crippen LogP contribution in [0.1, 0.15) is 97.9 Å². The summed E-state index contributed by atoms with van der Waals surface area (Å²) >= 11 is 0. The molecule has 1 unspecified atom stereocenters. The van der Waals surface area contributed by atoms with Crippen LogP contribution in [0.25, 0.3) is 16.7 Å². The molecule has 4 aliphatic heterocycles. The van der Waals surface area contributed by atoms with Crippen LogP contribution < -0.4 is 21.2 Å². The third kappa shape index (κ3) is 8.00. The third-order valence-corrected chi connectivity index (χ3v) is 13.5. The van der Waals surface area contributed by atoms with Crippen LogP contribution in [0.3, 0.4) is 0 Å². The molecule has 1 aliphatic carbocycles. The second kappa shape index (κ2) is 17.1. The molecule has 1 aromatic carbocycles. The van der Waals surface area contributed by atoms with E-state index in [1.54, 1.807) is 17.9 Å². The number of amides is 3. The number of aromatic nitrogens is 7. The van der Waals surface area contributed by atoms with Crippen molar-refractivity contribution in [2.45, 2.75) is 94.5 Å². The van der Waals surface area contributed by atoms with Gasteiger partial charge in [-0.25, -0.2) is 23.1 Å². The van der Waals surface area contributed by atoms with Crippen molar-refractivity contribution in [2.75, 3.05) is 49.6 Å². The van der Waals surface area contributed by atoms with E-state index in [-0.39, 0.29) is 66.6 Å². The molecule has 0 spiro atoms. The van der Waals surface area contributed by atoms with E-state index in [0.717, 1.165) is 76.9 Å². The summed E-state index contributed by atoms with van der Waals surface area (Å²) in [6.45, 7) is 4.21. The van der Waals surface area contributed by atoms with Crippen molar-refractivity contribution in [2.24, 2.45) is 13.0 Å². The molecule has 1 saturated carbocycles. The SMILES string of the molecule is Cn1c(=O)n(C2CCC(=O)NC2=O)c2cc(O)cc(C#CCOC3CCN(CC4CCC(n5cc(NC(=O)c6cnn7ccc(N8C[C@H]9C[C@@H]8CO9)nc67)c(C(F)F)n5)CC4)CC3)c21. The number of piperidine rings is 2. The number of nitrogens with zero attached hydrogens (tertiary/aromatic N) is 9. The summed E-state index contributed by atoms with van der Waals surface area (Å²) in [7, 11) is 1.58. The Morgan fingerprint density at radius 2 is 1.91 bits per heavy atom. The number of aromatic hydroxyl groups is 1. The molecule has 3 N–H and O–H groups in total. The van der Waals surface area contributed by atoms with Gasteiger partial charge in [-0.05, 0) is 69.4 Å². The van der Waals surface area contributed by atoms with E-state index in [1.165, 1.54) is 38.2 Å². The molecule has 336 valence electrons. The molecule has 18 nitrogen and oxygen atoms in total. The number of carbonyl (C=O) groups is 3. The molecule has 4 saturated heterocycles. The minimum atomic E-state index is -2.87. The highest BCUT2D eigenvalue weighted by Crippen LogP contribution is 2.37. The first kappa shape index (κ1) is 41.8. The number of halogens is 2. The number of anilines is 2. The molecule has 5 aliphatic rings. The van der Waals surface area contributed by atoms with Crippen molar-refractivity contribution < 1.29 is 37.7 Å². The number of imidazole rings is 1. The maximum absolute atomic E-state index is 14.3.